The maximum Gasteiger partial charge on any atom is 0.306 e. The van der Waals surface area contributed by atoms with Crippen LogP contribution in [0.4, 0.5) is 5.69 Å². The summed E-state index contributed by atoms with van der Waals surface area (Å²) in [5.41, 5.74) is 0.789. The maximum atomic E-state index is 12.3. The van der Waals surface area contributed by atoms with Gasteiger partial charge in [0.2, 0.25) is 10.0 Å². The van der Waals surface area contributed by atoms with Crippen molar-refractivity contribution in [1.29, 1.82) is 0 Å². The number of amides is 1. The number of ether oxygens (including phenoxy) is 1. The number of nitrogens with zero attached hydrogens (tertiary/aromatic N) is 1. The Kier molecular flexibility index (Phi) is 8.13. The molecule has 0 bridgehead atoms. The van der Waals surface area contributed by atoms with E-state index in [1.54, 1.807) is 31.2 Å². The van der Waals surface area contributed by atoms with E-state index < -0.39 is 28.5 Å². The standard InChI is InChI=1S/C19H21ClN2O6S2/c1-12-4-5-13(10-16(12)30(26,27)22(2)3)21-18(24)11-28-19(25)9-6-14(23)15-7-8-17(20)29-15/h4-5,7-8,10H,6,9,11H2,1-3H3,(H,21,24). The van der Waals surface area contributed by atoms with Crippen molar-refractivity contribution in [3.05, 3.63) is 45.1 Å². The van der Waals surface area contributed by atoms with Crippen LogP contribution in [0.2, 0.25) is 4.34 Å². The third kappa shape index (κ3) is 6.36. The number of carbonyl (C=O) groups excluding carboxylic acids is 3. The van der Waals surface area contributed by atoms with Gasteiger partial charge in [0.25, 0.3) is 5.91 Å². The highest BCUT2D eigenvalue weighted by Gasteiger charge is 2.20. The SMILES string of the molecule is Cc1ccc(NC(=O)COC(=O)CCC(=O)c2ccc(Cl)s2)cc1S(=O)(=O)N(C)C. The van der Waals surface area contributed by atoms with Gasteiger partial charge in [-0.15, -0.1) is 11.3 Å². The van der Waals surface area contributed by atoms with E-state index in [0.717, 1.165) is 15.6 Å². The lowest BCUT2D eigenvalue weighted by atomic mass is 10.2. The predicted octanol–water partition coefficient (Wildman–Crippen LogP) is 3.11. The number of sulfonamides is 1. The van der Waals surface area contributed by atoms with E-state index >= 15 is 0 Å². The average Bonchev–Trinajstić information content (AvgIpc) is 3.12. The van der Waals surface area contributed by atoms with Crippen LogP contribution in [0.25, 0.3) is 0 Å². The number of benzene rings is 1. The fourth-order valence-electron chi connectivity index (χ4n) is 2.37. The second-order valence-electron chi connectivity index (χ2n) is 6.50. The Morgan fingerprint density at radius 3 is 2.43 bits per heavy atom. The van der Waals surface area contributed by atoms with Crippen molar-refractivity contribution < 1.29 is 27.5 Å². The summed E-state index contributed by atoms with van der Waals surface area (Å²) in [5, 5.41) is 2.49. The van der Waals surface area contributed by atoms with Gasteiger partial charge in [-0.1, -0.05) is 17.7 Å². The quantitative estimate of drug-likeness (QED) is 0.443. The van der Waals surface area contributed by atoms with Crippen LogP contribution in [0.3, 0.4) is 0 Å². The maximum absolute atomic E-state index is 12.3. The van der Waals surface area contributed by atoms with Gasteiger partial charge in [-0.05, 0) is 36.8 Å². The summed E-state index contributed by atoms with van der Waals surface area (Å²) in [6.45, 7) is 1.09. The first-order chi connectivity index (χ1) is 14.0. The number of hydrogen-bond donors (Lipinski definition) is 1. The molecule has 2 aromatic rings. The van der Waals surface area contributed by atoms with Crippen LogP contribution in [0, 0.1) is 6.92 Å². The summed E-state index contributed by atoms with van der Waals surface area (Å²) in [7, 11) is -0.843. The zero-order chi connectivity index (χ0) is 22.5. The molecule has 1 heterocycles. The molecule has 0 saturated carbocycles. The van der Waals surface area contributed by atoms with Crippen molar-refractivity contribution in [2.75, 3.05) is 26.0 Å². The number of carbonyl (C=O) groups is 3. The largest absolute Gasteiger partial charge is 0.456 e. The molecule has 30 heavy (non-hydrogen) atoms. The minimum absolute atomic E-state index is 0.0546. The van der Waals surface area contributed by atoms with E-state index in [0.29, 0.717) is 14.8 Å². The molecule has 1 aromatic heterocycles. The number of hydrogen-bond acceptors (Lipinski definition) is 7. The Bertz CT molecular complexity index is 1060. The lowest BCUT2D eigenvalue weighted by molar-refractivity contribution is -0.147. The molecule has 162 valence electrons. The predicted molar refractivity (Wildman–Crippen MR) is 115 cm³/mol. The van der Waals surface area contributed by atoms with Gasteiger partial charge in [-0.2, -0.15) is 0 Å². The summed E-state index contributed by atoms with van der Waals surface area (Å²) in [5.74, 6) is -1.56. The third-order valence-electron chi connectivity index (χ3n) is 4.00. The van der Waals surface area contributed by atoms with Gasteiger partial charge >= 0.3 is 5.97 Å². The molecule has 11 heteroatoms. The summed E-state index contributed by atoms with van der Waals surface area (Å²) < 4.78 is 31.1. The van der Waals surface area contributed by atoms with Crippen LogP contribution in [-0.2, 0) is 24.3 Å². The second-order valence-corrected chi connectivity index (χ2v) is 10.3. The first-order valence-corrected chi connectivity index (χ1v) is 11.4. The fourth-order valence-corrected chi connectivity index (χ4v) is 4.53. The molecule has 8 nitrogen and oxygen atoms in total. The van der Waals surface area contributed by atoms with E-state index in [2.05, 4.69) is 5.32 Å². The zero-order valence-corrected chi connectivity index (χ0v) is 19.0. The number of aryl methyl sites for hydroxylation is 1. The first kappa shape index (κ1) is 24.0. The Morgan fingerprint density at radius 2 is 1.83 bits per heavy atom. The molecule has 1 N–H and O–H groups in total. The lowest BCUT2D eigenvalue weighted by Gasteiger charge is -2.15. The van der Waals surface area contributed by atoms with Gasteiger partial charge in [0.05, 0.1) is 20.5 Å². The minimum Gasteiger partial charge on any atom is -0.456 e. The Morgan fingerprint density at radius 1 is 1.13 bits per heavy atom. The molecule has 0 spiro atoms. The van der Waals surface area contributed by atoms with E-state index in [1.807, 2.05) is 0 Å². The fraction of sp³-hybridized carbons (Fsp3) is 0.316. The number of rotatable bonds is 9. The third-order valence-corrected chi connectivity index (χ3v) is 7.23. The lowest BCUT2D eigenvalue weighted by Crippen LogP contribution is -2.24. The highest BCUT2D eigenvalue weighted by Crippen LogP contribution is 2.23. The molecule has 1 aromatic carbocycles. The number of esters is 1. The topological polar surface area (TPSA) is 110 Å². The number of ketones is 1. The van der Waals surface area contributed by atoms with Gasteiger partial charge < -0.3 is 10.1 Å². The molecular weight excluding hydrogens is 452 g/mol. The van der Waals surface area contributed by atoms with Crippen LogP contribution in [0.15, 0.2) is 35.2 Å². The van der Waals surface area contributed by atoms with E-state index in [-0.39, 0.29) is 29.2 Å². The normalized spacial score (nSPS) is 11.4. The Labute approximate surface area is 183 Å². The number of nitrogens with one attached hydrogen (secondary N) is 1. The van der Waals surface area contributed by atoms with Gasteiger partial charge in [-0.25, -0.2) is 12.7 Å². The highest BCUT2D eigenvalue weighted by atomic mass is 35.5. The van der Waals surface area contributed by atoms with Crippen molar-refractivity contribution in [2.45, 2.75) is 24.7 Å². The smallest absolute Gasteiger partial charge is 0.306 e. The number of thiophene rings is 1. The highest BCUT2D eigenvalue weighted by molar-refractivity contribution is 7.89. The molecule has 0 unspecified atom stereocenters. The van der Waals surface area contributed by atoms with Crippen molar-refractivity contribution >= 4 is 56.3 Å². The van der Waals surface area contributed by atoms with Crippen LogP contribution in [0.5, 0.6) is 0 Å². The molecular formula is C19H21ClN2O6S2. The number of anilines is 1. The Balaban J connectivity index is 1.87. The van der Waals surface area contributed by atoms with Gasteiger partial charge in [0.1, 0.15) is 0 Å². The summed E-state index contributed by atoms with van der Waals surface area (Å²) in [6, 6.07) is 7.65. The molecule has 1 amide bonds. The van der Waals surface area contributed by atoms with E-state index in [4.69, 9.17) is 16.3 Å². The monoisotopic (exact) mass is 472 g/mol. The van der Waals surface area contributed by atoms with Crippen molar-refractivity contribution in [3.63, 3.8) is 0 Å². The molecule has 0 aliphatic heterocycles. The second kappa shape index (κ2) is 10.2. The van der Waals surface area contributed by atoms with Crippen LogP contribution in [0.1, 0.15) is 28.1 Å². The minimum atomic E-state index is -3.67. The van der Waals surface area contributed by atoms with Crippen LogP contribution < -0.4 is 5.32 Å². The van der Waals surface area contributed by atoms with Crippen LogP contribution in [-0.4, -0.2) is 51.1 Å². The molecule has 0 fully saturated rings. The zero-order valence-electron chi connectivity index (χ0n) is 16.6. The molecule has 0 atom stereocenters. The first-order valence-electron chi connectivity index (χ1n) is 8.78. The van der Waals surface area contributed by atoms with Crippen molar-refractivity contribution in [1.82, 2.24) is 4.31 Å². The van der Waals surface area contributed by atoms with Gasteiger partial charge in [0, 0.05) is 26.2 Å². The average molecular weight is 473 g/mol. The van der Waals surface area contributed by atoms with Crippen LogP contribution >= 0.6 is 22.9 Å². The molecule has 0 aliphatic carbocycles. The van der Waals surface area contributed by atoms with E-state index in [1.165, 1.54) is 20.2 Å². The summed E-state index contributed by atoms with van der Waals surface area (Å²) >= 11 is 6.90. The van der Waals surface area contributed by atoms with E-state index in [9.17, 15) is 22.8 Å². The van der Waals surface area contributed by atoms with Gasteiger partial charge in [0.15, 0.2) is 12.4 Å². The number of halogens is 1. The van der Waals surface area contributed by atoms with Gasteiger partial charge in [-0.3, -0.25) is 14.4 Å². The van der Waals surface area contributed by atoms with Crippen molar-refractivity contribution in [2.24, 2.45) is 0 Å². The molecule has 0 saturated heterocycles. The molecule has 0 aliphatic rings. The summed E-state index contributed by atoms with van der Waals surface area (Å²) in [4.78, 5) is 36.3. The molecule has 2 rings (SSSR count). The Hall–Kier alpha value is -2.27. The molecule has 0 radical (unpaired) electrons. The number of Topliss-reactive ketones (excluding diaryl/α,β-unsaturated/α-hetero) is 1. The van der Waals surface area contributed by atoms with Crippen molar-refractivity contribution in [3.8, 4) is 0 Å². The summed E-state index contributed by atoms with van der Waals surface area (Å²) in [6.07, 6.45) is -0.224.